The molecule has 0 aliphatic rings. The van der Waals surface area contributed by atoms with Gasteiger partial charge < -0.3 is 9.84 Å². The van der Waals surface area contributed by atoms with Gasteiger partial charge in [0, 0.05) is 40.6 Å². The van der Waals surface area contributed by atoms with Crippen LogP contribution in [-0.2, 0) is 0 Å². The molecule has 1 N–H and O–H groups in total. The van der Waals surface area contributed by atoms with Gasteiger partial charge in [0.1, 0.15) is 11.5 Å². The van der Waals surface area contributed by atoms with Crippen molar-refractivity contribution in [2.75, 3.05) is 7.11 Å². The third-order valence-electron chi connectivity index (χ3n) is 4.63. The smallest absolute Gasteiger partial charge is 0.269 e. The van der Waals surface area contributed by atoms with Crippen LogP contribution in [0.4, 0.5) is 10.8 Å². The molecule has 4 aromatic rings. The van der Waals surface area contributed by atoms with Gasteiger partial charge >= 0.3 is 0 Å². The van der Waals surface area contributed by atoms with E-state index in [0.29, 0.717) is 27.2 Å². The summed E-state index contributed by atoms with van der Waals surface area (Å²) in [7, 11) is 1.52. The molecular formula is C23H16ClN3O4S. The molecule has 0 fully saturated rings. The molecule has 32 heavy (non-hydrogen) atoms. The number of halogens is 1. The fourth-order valence-corrected chi connectivity index (χ4v) is 4.05. The predicted molar refractivity (Wildman–Crippen MR) is 127 cm³/mol. The van der Waals surface area contributed by atoms with Gasteiger partial charge in [-0.1, -0.05) is 35.1 Å². The number of aromatic hydroxyl groups is 1. The van der Waals surface area contributed by atoms with Gasteiger partial charge in [-0.3, -0.25) is 10.1 Å². The first-order valence-corrected chi connectivity index (χ1v) is 10.6. The van der Waals surface area contributed by atoms with E-state index in [0.717, 1.165) is 16.0 Å². The van der Waals surface area contributed by atoms with Crippen molar-refractivity contribution in [2.45, 2.75) is 0 Å². The van der Waals surface area contributed by atoms with Crippen LogP contribution in [0, 0.1) is 10.1 Å². The molecule has 0 aliphatic carbocycles. The van der Waals surface area contributed by atoms with Crippen LogP contribution in [0.3, 0.4) is 0 Å². The summed E-state index contributed by atoms with van der Waals surface area (Å²) in [6.45, 7) is 0. The summed E-state index contributed by atoms with van der Waals surface area (Å²) in [6, 6.07) is 18.5. The number of phenolic OH excluding ortho intramolecular Hbond substituents is 1. The van der Waals surface area contributed by atoms with Gasteiger partial charge in [-0.15, -0.1) is 0 Å². The summed E-state index contributed by atoms with van der Waals surface area (Å²) in [5.41, 5.74) is 2.84. The molecule has 0 radical (unpaired) electrons. The first-order chi connectivity index (χ1) is 15.4. The van der Waals surface area contributed by atoms with E-state index in [1.165, 1.54) is 42.9 Å². The zero-order chi connectivity index (χ0) is 22.7. The van der Waals surface area contributed by atoms with Gasteiger partial charge in [-0.25, -0.2) is 9.98 Å². The van der Waals surface area contributed by atoms with Crippen LogP contribution in [-0.4, -0.2) is 28.3 Å². The number of benzene rings is 3. The van der Waals surface area contributed by atoms with E-state index in [2.05, 4.69) is 9.98 Å². The molecule has 0 amide bonds. The maximum absolute atomic E-state index is 11.0. The van der Waals surface area contributed by atoms with E-state index in [9.17, 15) is 15.2 Å². The molecule has 0 bridgehead atoms. The Kier molecular flexibility index (Phi) is 6.16. The number of nitro groups is 1. The zero-order valence-electron chi connectivity index (χ0n) is 16.7. The fourth-order valence-electron chi connectivity index (χ4n) is 2.98. The Morgan fingerprint density at radius 2 is 1.78 bits per heavy atom. The highest BCUT2D eigenvalue weighted by molar-refractivity contribution is 7.19. The van der Waals surface area contributed by atoms with Crippen molar-refractivity contribution in [3.63, 3.8) is 0 Å². The van der Waals surface area contributed by atoms with Crippen molar-refractivity contribution >= 4 is 40.0 Å². The van der Waals surface area contributed by atoms with Crippen molar-refractivity contribution in [3.8, 4) is 33.2 Å². The molecule has 1 aromatic heterocycles. The quantitative estimate of drug-likeness (QED) is 0.199. The first kappa shape index (κ1) is 21.5. The molecule has 0 aliphatic heterocycles. The Bertz CT molecular complexity index is 1300. The number of hydrogen-bond acceptors (Lipinski definition) is 7. The summed E-state index contributed by atoms with van der Waals surface area (Å²) in [5, 5.41) is 22.2. The Balaban J connectivity index is 1.75. The number of nitrogens with zero attached hydrogens (tertiary/aromatic N) is 3. The molecule has 7 nitrogen and oxygen atoms in total. The van der Waals surface area contributed by atoms with Crippen LogP contribution in [0.25, 0.3) is 21.7 Å². The van der Waals surface area contributed by atoms with Gasteiger partial charge in [0.05, 0.1) is 22.6 Å². The third-order valence-corrected chi connectivity index (χ3v) is 5.89. The lowest BCUT2D eigenvalue weighted by atomic mass is 10.1. The minimum atomic E-state index is -0.437. The van der Waals surface area contributed by atoms with E-state index in [-0.39, 0.29) is 11.4 Å². The second kappa shape index (κ2) is 9.17. The van der Waals surface area contributed by atoms with Crippen molar-refractivity contribution in [1.29, 1.82) is 0 Å². The highest BCUT2D eigenvalue weighted by atomic mass is 35.5. The van der Waals surface area contributed by atoms with Crippen LogP contribution >= 0.6 is 22.9 Å². The number of ether oxygens (including phenoxy) is 1. The molecule has 0 unspecified atom stereocenters. The molecule has 4 rings (SSSR count). The van der Waals surface area contributed by atoms with Crippen LogP contribution in [0.5, 0.6) is 11.5 Å². The number of nitro benzene ring substituents is 1. The minimum Gasteiger partial charge on any atom is -0.507 e. The fraction of sp³-hybridized carbons (Fsp3) is 0.0435. The van der Waals surface area contributed by atoms with E-state index >= 15 is 0 Å². The lowest BCUT2D eigenvalue weighted by Crippen LogP contribution is -1.87. The number of aliphatic imine (C=N–C) groups is 1. The Labute approximate surface area is 192 Å². The summed E-state index contributed by atoms with van der Waals surface area (Å²) in [4.78, 5) is 20.5. The third kappa shape index (κ3) is 4.61. The Hall–Kier alpha value is -3.75. The molecule has 0 spiro atoms. The van der Waals surface area contributed by atoms with Crippen LogP contribution < -0.4 is 4.74 Å². The Morgan fingerprint density at radius 1 is 1.09 bits per heavy atom. The Morgan fingerprint density at radius 3 is 2.41 bits per heavy atom. The topological polar surface area (TPSA) is 97.9 Å². The number of methoxy groups -OCH3 is 1. The largest absolute Gasteiger partial charge is 0.507 e. The number of aromatic nitrogens is 1. The van der Waals surface area contributed by atoms with Crippen LogP contribution in [0.1, 0.15) is 5.56 Å². The summed E-state index contributed by atoms with van der Waals surface area (Å²) >= 11 is 7.36. The molecule has 0 saturated heterocycles. The summed E-state index contributed by atoms with van der Waals surface area (Å²) in [5.74, 6) is 0.581. The lowest BCUT2D eigenvalue weighted by molar-refractivity contribution is -0.384. The second-order valence-electron chi connectivity index (χ2n) is 6.67. The van der Waals surface area contributed by atoms with E-state index in [1.807, 2.05) is 12.1 Å². The standard InChI is InChI=1S/C23H16ClN3O4S/c1-31-19-11-6-16(20(28)12-19)13-25-23-26-21(14-2-7-17(24)8-3-14)22(32-23)15-4-9-18(10-5-15)27(29)30/h2-13,28H,1H3. The van der Waals surface area contributed by atoms with Crippen LogP contribution in [0.2, 0.25) is 5.02 Å². The van der Waals surface area contributed by atoms with Gasteiger partial charge in [-0.2, -0.15) is 0 Å². The van der Waals surface area contributed by atoms with Gasteiger partial charge in [-0.05, 0) is 42.0 Å². The monoisotopic (exact) mass is 465 g/mol. The number of hydrogen-bond donors (Lipinski definition) is 1. The summed E-state index contributed by atoms with van der Waals surface area (Å²) in [6.07, 6.45) is 1.53. The number of phenols is 1. The average Bonchev–Trinajstić information content (AvgIpc) is 3.23. The maximum Gasteiger partial charge on any atom is 0.269 e. The molecule has 0 atom stereocenters. The SMILES string of the molecule is COc1ccc(C=Nc2nc(-c3ccc(Cl)cc3)c(-c3ccc([N+](=O)[O-])cc3)s2)c(O)c1. The first-order valence-electron chi connectivity index (χ1n) is 9.37. The molecule has 9 heteroatoms. The highest BCUT2D eigenvalue weighted by Crippen LogP contribution is 2.41. The van der Waals surface area contributed by atoms with Crippen molar-refractivity contribution in [1.82, 2.24) is 4.98 Å². The van der Waals surface area contributed by atoms with Crippen LogP contribution in [0.15, 0.2) is 71.7 Å². The maximum atomic E-state index is 11.0. The van der Waals surface area contributed by atoms with E-state index in [4.69, 9.17) is 16.3 Å². The molecule has 160 valence electrons. The number of thiazole rings is 1. The van der Waals surface area contributed by atoms with Crippen molar-refractivity contribution < 1.29 is 14.8 Å². The van der Waals surface area contributed by atoms with E-state index in [1.54, 1.807) is 36.4 Å². The van der Waals surface area contributed by atoms with Crippen molar-refractivity contribution in [2.24, 2.45) is 4.99 Å². The van der Waals surface area contributed by atoms with E-state index < -0.39 is 4.92 Å². The lowest BCUT2D eigenvalue weighted by Gasteiger charge is -2.03. The molecule has 0 saturated carbocycles. The second-order valence-corrected chi connectivity index (χ2v) is 8.08. The molecule has 1 heterocycles. The molecule has 3 aromatic carbocycles. The average molecular weight is 466 g/mol. The van der Waals surface area contributed by atoms with Gasteiger partial charge in [0.2, 0.25) is 5.13 Å². The number of non-ortho nitro benzene ring substituents is 1. The minimum absolute atomic E-state index is 0.0135. The summed E-state index contributed by atoms with van der Waals surface area (Å²) < 4.78 is 5.10. The normalized spacial score (nSPS) is 11.1. The zero-order valence-corrected chi connectivity index (χ0v) is 18.3. The highest BCUT2D eigenvalue weighted by Gasteiger charge is 2.16. The number of rotatable bonds is 6. The molecular weight excluding hydrogens is 450 g/mol. The van der Waals surface area contributed by atoms with Crippen molar-refractivity contribution in [3.05, 3.63) is 87.4 Å². The van der Waals surface area contributed by atoms with Gasteiger partial charge in [0.15, 0.2) is 0 Å². The predicted octanol–water partition coefficient (Wildman–Crippen LogP) is 6.50. The van der Waals surface area contributed by atoms with Gasteiger partial charge in [0.25, 0.3) is 5.69 Å².